The molecule has 0 saturated heterocycles. The van der Waals surface area contributed by atoms with Crippen molar-refractivity contribution < 1.29 is 4.92 Å². The van der Waals surface area contributed by atoms with Gasteiger partial charge in [0.2, 0.25) is 0 Å². The fourth-order valence-electron chi connectivity index (χ4n) is 1.88. The van der Waals surface area contributed by atoms with Crippen LogP contribution in [0.15, 0.2) is 18.2 Å². The molecule has 0 aliphatic carbocycles. The van der Waals surface area contributed by atoms with Crippen molar-refractivity contribution in [1.82, 2.24) is 0 Å². The monoisotopic (exact) mass is 247 g/mol. The fraction of sp³-hybridized carbons (Fsp3) is 0.462. The first-order valence-electron chi connectivity index (χ1n) is 5.89. The molecule has 96 valence electrons. The predicted molar refractivity (Wildman–Crippen MR) is 70.5 cm³/mol. The van der Waals surface area contributed by atoms with Crippen LogP contribution in [0.4, 0.5) is 11.4 Å². The van der Waals surface area contributed by atoms with E-state index in [0.29, 0.717) is 6.54 Å². The highest BCUT2D eigenvalue weighted by Crippen LogP contribution is 2.25. The summed E-state index contributed by atoms with van der Waals surface area (Å²) < 4.78 is 0. The molecule has 0 N–H and O–H groups in total. The summed E-state index contributed by atoms with van der Waals surface area (Å²) in [6, 6.07) is 7.02. The largest absolute Gasteiger partial charge is 0.370 e. The predicted octanol–water partition coefficient (Wildman–Crippen LogP) is 2.89. The van der Waals surface area contributed by atoms with Crippen molar-refractivity contribution in [2.24, 2.45) is 5.92 Å². The molecule has 0 aliphatic heterocycles. The van der Waals surface area contributed by atoms with E-state index in [4.69, 9.17) is 5.26 Å². The van der Waals surface area contributed by atoms with E-state index in [1.807, 2.05) is 20.8 Å². The molecule has 0 bridgehead atoms. The first kappa shape index (κ1) is 14.0. The molecule has 5 heteroatoms. The highest BCUT2D eigenvalue weighted by atomic mass is 16.6. The zero-order chi connectivity index (χ0) is 13.7. The molecule has 0 amide bonds. The summed E-state index contributed by atoms with van der Waals surface area (Å²) in [4.78, 5) is 12.3. The topological polar surface area (TPSA) is 70.2 Å². The summed E-state index contributed by atoms with van der Waals surface area (Å²) in [6.45, 7) is 7.12. The lowest BCUT2D eigenvalue weighted by molar-refractivity contribution is -0.384. The maximum atomic E-state index is 10.7. The van der Waals surface area contributed by atoms with Gasteiger partial charge in [0.25, 0.3) is 5.69 Å². The third-order valence-corrected chi connectivity index (χ3v) is 2.83. The van der Waals surface area contributed by atoms with Gasteiger partial charge in [0.1, 0.15) is 0 Å². The van der Waals surface area contributed by atoms with Crippen LogP contribution in [0.2, 0.25) is 0 Å². The van der Waals surface area contributed by atoms with Crippen molar-refractivity contribution >= 4 is 11.4 Å². The van der Waals surface area contributed by atoms with E-state index >= 15 is 0 Å². The van der Waals surface area contributed by atoms with Gasteiger partial charge in [-0.05, 0) is 32.4 Å². The van der Waals surface area contributed by atoms with E-state index in [1.165, 1.54) is 6.07 Å². The Morgan fingerprint density at radius 1 is 1.56 bits per heavy atom. The third kappa shape index (κ3) is 3.20. The molecule has 1 aromatic rings. The number of nitro groups is 1. The molecule has 0 saturated carbocycles. The van der Waals surface area contributed by atoms with Crippen molar-refractivity contribution in [2.75, 3.05) is 18.0 Å². The van der Waals surface area contributed by atoms with Gasteiger partial charge in [0.05, 0.1) is 16.9 Å². The Bertz CT molecular complexity index is 480. The van der Waals surface area contributed by atoms with Crippen molar-refractivity contribution in [3.05, 3.63) is 33.9 Å². The number of rotatable bonds is 5. The molecule has 1 rings (SSSR count). The highest BCUT2D eigenvalue weighted by Gasteiger charge is 2.14. The minimum absolute atomic E-state index is 0.0699. The summed E-state index contributed by atoms with van der Waals surface area (Å²) in [5, 5.41) is 19.5. The molecule has 0 heterocycles. The number of benzene rings is 1. The van der Waals surface area contributed by atoms with Crippen LogP contribution in [0.25, 0.3) is 0 Å². The molecule has 1 atom stereocenters. The van der Waals surface area contributed by atoms with Crippen molar-refractivity contribution in [3.8, 4) is 6.07 Å². The lowest BCUT2D eigenvalue weighted by Crippen LogP contribution is -2.28. The second-order valence-electron chi connectivity index (χ2n) is 4.30. The Kier molecular flexibility index (Phi) is 4.67. The summed E-state index contributed by atoms with van der Waals surface area (Å²) in [5.74, 6) is -0.0699. The number of hydrogen-bond donors (Lipinski definition) is 0. The molecule has 1 unspecified atom stereocenters. The number of anilines is 1. The van der Waals surface area contributed by atoms with Gasteiger partial charge in [-0.15, -0.1) is 0 Å². The SMILES string of the molecule is CCN(CC(C)C#N)c1ccc([N+](=O)[O-])cc1C. The quantitative estimate of drug-likeness (QED) is 0.592. The molecule has 0 radical (unpaired) electrons. The van der Waals surface area contributed by atoms with Gasteiger partial charge in [0, 0.05) is 30.9 Å². The Morgan fingerprint density at radius 2 is 2.22 bits per heavy atom. The maximum Gasteiger partial charge on any atom is 0.269 e. The van der Waals surface area contributed by atoms with Crippen LogP contribution in [0, 0.1) is 34.3 Å². The lowest BCUT2D eigenvalue weighted by atomic mass is 10.1. The number of hydrogen-bond acceptors (Lipinski definition) is 4. The van der Waals surface area contributed by atoms with Gasteiger partial charge in [-0.3, -0.25) is 10.1 Å². The van der Waals surface area contributed by atoms with Crippen molar-refractivity contribution in [2.45, 2.75) is 20.8 Å². The van der Waals surface area contributed by atoms with Crippen molar-refractivity contribution in [3.63, 3.8) is 0 Å². The Balaban J connectivity index is 3.00. The van der Waals surface area contributed by atoms with Gasteiger partial charge in [0.15, 0.2) is 0 Å². The molecular weight excluding hydrogens is 230 g/mol. The Labute approximate surface area is 107 Å². The molecule has 0 fully saturated rings. The van der Waals surface area contributed by atoms with E-state index in [0.717, 1.165) is 17.8 Å². The van der Waals surface area contributed by atoms with Crippen LogP contribution in [-0.2, 0) is 0 Å². The number of nitro benzene ring substituents is 1. The van der Waals surface area contributed by atoms with Crippen LogP contribution in [0.5, 0.6) is 0 Å². The van der Waals surface area contributed by atoms with Gasteiger partial charge < -0.3 is 4.90 Å². The third-order valence-electron chi connectivity index (χ3n) is 2.83. The number of nitrogens with zero attached hydrogens (tertiary/aromatic N) is 3. The molecular formula is C13H17N3O2. The van der Waals surface area contributed by atoms with Gasteiger partial charge >= 0.3 is 0 Å². The average Bonchev–Trinajstić information content (AvgIpc) is 2.35. The van der Waals surface area contributed by atoms with Crippen LogP contribution < -0.4 is 4.90 Å². The summed E-state index contributed by atoms with van der Waals surface area (Å²) in [5.41, 5.74) is 1.90. The van der Waals surface area contributed by atoms with Gasteiger partial charge in [-0.1, -0.05) is 0 Å². The molecule has 1 aromatic carbocycles. The molecule has 18 heavy (non-hydrogen) atoms. The summed E-state index contributed by atoms with van der Waals surface area (Å²) in [6.07, 6.45) is 0. The number of nitriles is 1. The maximum absolute atomic E-state index is 10.7. The number of aryl methyl sites for hydroxylation is 1. The van der Waals surface area contributed by atoms with Crippen LogP contribution >= 0.6 is 0 Å². The van der Waals surface area contributed by atoms with E-state index in [9.17, 15) is 10.1 Å². The first-order valence-corrected chi connectivity index (χ1v) is 5.89. The van der Waals surface area contributed by atoms with Crippen molar-refractivity contribution in [1.29, 1.82) is 5.26 Å². The lowest BCUT2D eigenvalue weighted by Gasteiger charge is -2.25. The summed E-state index contributed by atoms with van der Waals surface area (Å²) in [7, 11) is 0. The van der Waals surface area contributed by atoms with E-state index < -0.39 is 4.92 Å². The van der Waals surface area contributed by atoms with Crippen LogP contribution in [-0.4, -0.2) is 18.0 Å². The fourth-order valence-corrected chi connectivity index (χ4v) is 1.88. The molecule has 5 nitrogen and oxygen atoms in total. The second kappa shape index (κ2) is 6.01. The van der Waals surface area contributed by atoms with E-state index in [1.54, 1.807) is 12.1 Å². The first-order chi connectivity index (χ1) is 8.49. The molecule has 0 spiro atoms. The highest BCUT2D eigenvalue weighted by molar-refractivity contribution is 5.57. The van der Waals surface area contributed by atoms with E-state index in [-0.39, 0.29) is 11.6 Å². The second-order valence-corrected chi connectivity index (χ2v) is 4.30. The Morgan fingerprint density at radius 3 is 2.67 bits per heavy atom. The van der Waals surface area contributed by atoms with Crippen LogP contribution in [0.3, 0.4) is 0 Å². The zero-order valence-corrected chi connectivity index (χ0v) is 10.9. The zero-order valence-electron chi connectivity index (χ0n) is 10.9. The number of non-ortho nitro benzene ring substituents is 1. The molecule has 0 aromatic heterocycles. The minimum Gasteiger partial charge on any atom is -0.370 e. The normalized spacial score (nSPS) is 11.7. The van der Waals surface area contributed by atoms with Crippen LogP contribution in [0.1, 0.15) is 19.4 Å². The minimum atomic E-state index is -0.398. The van der Waals surface area contributed by atoms with Gasteiger partial charge in [-0.25, -0.2) is 0 Å². The van der Waals surface area contributed by atoms with E-state index in [2.05, 4.69) is 11.0 Å². The molecule has 0 aliphatic rings. The smallest absolute Gasteiger partial charge is 0.269 e. The Hall–Kier alpha value is -2.09. The average molecular weight is 247 g/mol. The van der Waals surface area contributed by atoms with Gasteiger partial charge in [-0.2, -0.15) is 5.26 Å². The summed E-state index contributed by atoms with van der Waals surface area (Å²) >= 11 is 0. The standard InChI is InChI=1S/C13H17N3O2/c1-4-15(9-10(2)8-14)13-6-5-12(16(17)18)7-11(13)3/h5-7,10H,4,9H2,1-3H3.